The van der Waals surface area contributed by atoms with E-state index in [1.807, 2.05) is 0 Å². The van der Waals surface area contributed by atoms with E-state index in [9.17, 15) is 4.79 Å². The SMILES string of the molecule is COc1nccc(Oc2ccc(C(=O)N(C)c3cccnc3)cn2)n1. The first kappa shape index (κ1) is 16.3. The summed E-state index contributed by atoms with van der Waals surface area (Å²) in [7, 11) is 3.15. The molecule has 1 amide bonds. The average Bonchev–Trinajstić information content (AvgIpc) is 2.68. The molecule has 0 N–H and O–H groups in total. The second kappa shape index (κ2) is 7.35. The van der Waals surface area contributed by atoms with Crippen molar-refractivity contribution in [3.8, 4) is 17.8 Å². The summed E-state index contributed by atoms with van der Waals surface area (Å²) in [6.07, 6.45) is 6.23. The third-order valence-corrected chi connectivity index (χ3v) is 3.32. The minimum absolute atomic E-state index is 0.197. The molecule has 0 aromatic carbocycles. The maximum absolute atomic E-state index is 12.5. The average molecular weight is 337 g/mol. The van der Waals surface area contributed by atoms with Crippen LogP contribution in [-0.2, 0) is 0 Å². The normalized spacial score (nSPS) is 10.2. The minimum atomic E-state index is -0.198. The second-order valence-corrected chi connectivity index (χ2v) is 4.94. The van der Waals surface area contributed by atoms with Gasteiger partial charge in [0.15, 0.2) is 0 Å². The number of methoxy groups -OCH3 is 1. The Morgan fingerprint density at radius 2 is 1.92 bits per heavy atom. The predicted octanol–water partition coefficient (Wildman–Crippen LogP) is 2.34. The van der Waals surface area contributed by atoms with E-state index in [1.165, 1.54) is 24.4 Å². The highest BCUT2D eigenvalue weighted by atomic mass is 16.5. The molecule has 3 rings (SSSR count). The number of aromatic nitrogens is 4. The first-order valence-corrected chi connectivity index (χ1v) is 7.36. The quantitative estimate of drug-likeness (QED) is 0.706. The number of hydrogen-bond donors (Lipinski definition) is 0. The van der Waals surface area contributed by atoms with Gasteiger partial charge in [0, 0.05) is 37.8 Å². The number of carbonyl (C=O) groups is 1. The van der Waals surface area contributed by atoms with Gasteiger partial charge in [0.05, 0.1) is 24.6 Å². The molecule has 0 saturated carbocycles. The molecule has 126 valence electrons. The van der Waals surface area contributed by atoms with Crippen LogP contribution in [0.1, 0.15) is 10.4 Å². The van der Waals surface area contributed by atoms with Gasteiger partial charge in [-0.1, -0.05) is 0 Å². The lowest BCUT2D eigenvalue weighted by Crippen LogP contribution is -2.26. The summed E-state index contributed by atoms with van der Waals surface area (Å²) in [6, 6.07) is 8.58. The number of carbonyl (C=O) groups excluding carboxylic acids is 1. The van der Waals surface area contributed by atoms with Crippen LogP contribution in [0.2, 0.25) is 0 Å². The van der Waals surface area contributed by atoms with E-state index in [-0.39, 0.29) is 11.9 Å². The molecule has 0 bridgehead atoms. The molecule has 8 heteroatoms. The summed E-state index contributed by atoms with van der Waals surface area (Å²) in [5, 5.41) is 0. The Labute approximate surface area is 144 Å². The molecule has 0 unspecified atom stereocenters. The largest absolute Gasteiger partial charge is 0.467 e. The van der Waals surface area contributed by atoms with E-state index in [2.05, 4.69) is 19.9 Å². The van der Waals surface area contributed by atoms with Crippen LogP contribution in [0.5, 0.6) is 17.8 Å². The minimum Gasteiger partial charge on any atom is -0.467 e. The molecular weight excluding hydrogens is 322 g/mol. The van der Waals surface area contributed by atoms with Crippen LogP contribution in [-0.4, -0.2) is 40.0 Å². The number of nitrogens with zero attached hydrogens (tertiary/aromatic N) is 5. The Morgan fingerprint density at radius 1 is 1.04 bits per heavy atom. The molecule has 3 aromatic heterocycles. The molecule has 0 aliphatic heterocycles. The van der Waals surface area contributed by atoms with Crippen molar-refractivity contribution in [1.29, 1.82) is 0 Å². The van der Waals surface area contributed by atoms with Crippen molar-refractivity contribution >= 4 is 11.6 Å². The predicted molar refractivity (Wildman–Crippen MR) is 89.9 cm³/mol. The van der Waals surface area contributed by atoms with Gasteiger partial charge in [-0.25, -0.2) is 9.97 Å². The monoisotopic (exact) mass is 337 g/mol. The van der Waals surface area contributed by atoms with E-state index in [4.69, 9.17) is 9.47 Å². The third-order valence-electron chi connectivity index (χ3n) is 3.32. The first-order chi connectivity index (χ1) is 12.2. The van der Waals surface area contributed by atoms with E-state index in [1.54, 1.807) is 49.8 Å². The molecule has 25 heavy (non-hydrogen) atoms. The van der Waals surface area contributed by atoms with Crippen molar-refractivity contribution in [1.82, 2.24) is 19.9 Å². The van der Waals surface area contributed by atoms with Crippen molar-refractivity contribution in [3.05, 3.63) is 60.7 Å². The number of amides is 1. The smallest absolute Gasteiger partial charge is 0.319 e. The van der Waals surface area contributed by atoms with Gasteiger partial charge in [0.25, 0.3) is 5.91 Å². The maximum atomic E-state index is 12.5. The molecular formula is C17H15N5O3. The third kappa shape index (κ3) is 3.86. The second-order valence-electron chi connectivity index (χ2n) is 4.94. The summed E-state index contributed by atoms with van der Waals surface area (Å²) in [5.74, 6) is 0.406. The Kier molecular flexibility index (Phi) is 4.79. The molecule has 0 radical (unpaired) electrons. The van der Waals surface area contributed by atoms with E-state index < -0.39 is 0 Å². The molecule has 3 aromatic rings. The molecule has 0 aliphatic carbocycles. The lowest BCUT2D eigenvalue weighted by atomic mass is 10.2. The van der Waals surface area contributed by atoms with Gasteiger partial charge in [0.1, 0.15) is 0 Å². The Balaban J connectivity index is 1.72. The molecule has 0 saturated heterocycles. The summed E-state index contributed by atoms with van der Waals surface area (Å²) in [4.78, 5) is 30.1. The summed E-state index contributed by atoms with van der Waals surface area (Å²) >= 11 is 0. The van der Waals surface area contributed by atoms with Gasteiger partial charge < -0.3 is 14.4 Å². The first-order valence-electron chi connectivity index (χ1n) is 7.36. The van der Waals surface area contributed by atoms with Crippen LogP contribution >= 0.6 is 0 Å². The van der Waals surface area contributed by atoms with Crippen LogP contribution in [0.4, 0.5) is 5.69 Å². The molecule has 8 nitrogen and oxygen atoms in total. The van der Waals surface area contributed by atoms with Gasteiger partial charge in [0.2, 0.25) is 11.8 Å². The zero-order valence-corrected chi connectivity index (χ0v) is 13.7. The van der Waals surface area contributed by atoms with Crippen LogP contribution in [0, 0.1) is 0 Å². The number of rotatable bonds is 5. The molecule has 0 spiro atoms. The van der Waals surface area contributed by atoms with Crippen molar-refractivity contribution in [2.75, 3.05) is 19.1 Å². The van der Waals surface area contributed by atoms with Crippen LogP contribution in [0.3, 0.4) is 0 Å². The highest BCUT2D eigenvalue weighted by Gasteiger charge is 2.14. The van der Waals surface area contributed by atoms with Crippen LogP contribution in [0.25, 0.3) is 0 Å². The topological polar surface area (TPSA) is 90.3 Å². The Bertz CT molecular complexity index is 856. The number of pyridine rings is 2. The maximum Gasteiger partial charge on any atom is 0.319 e. The lowest BCUT2D eigenvalue weighted by molar-refractivity contribution is 0.0992. The van der Waals surface area contributed by atoms with Gasteiger partial charge in [-0.05, 0) is 18.2 Å². The van der Waals surface area contributed by atoms with Crippen molar-refractivity contribution in [2.45, 2.75) is 0 Å². The highest BCUT2D eigenvalue weighted by molar-refractivity contribution is 6.05. The van der Waals surface area contributed by atoms with Crippen LogP contribution in [0.15, 0.2) is 55.1 Å². The summed E-state index contributed by atoms with van der Waals surface area (Å²) in [6.45, 7) is 0. The van der Waals surface area contributed by atoms with Gasteiger partial charge >= 0.3 is 6.01 Å². The summed E-state index contributed by atoms with van der Waals surface area (Å²) < 4.78 is 10.5. The van der Waals surface area contributed by atoms with Gasteiger partial charge in [-0.2, -0.15) is 4.98 Å². The fourth-order valence-corrected chi connectivity index (χ4v) is 2.02. The summed E-state index contributed by atoms with van der Waals surface area (Å²) in [5.41, 5.74) is 1.12. The number of hydrogen-bond acceptors (Lipinski definition) is 7. The fourth-order valence-electron chi connectivity index (χ4n) is 2.02. The standard InChI is InChI=1S/C17H15N5O3/c1-22(13-4-3-8-18-11-13)16(23)12-5-6-14(20-10-12)25-15-7-9-19-17(21-15)24-2/h3-11H,1-2H3. The fraction of sp³-hybridized carbons (Fsp3) is 0.118. The Morgan fingerprint density at radius 3 is 2.60 bits per heavy atom. The highest BCUT2D eigenvalue weighted by Crippen LogP contribution is 2.19. The number of anilines is 1. The van der Waals surface area contributed by atoms with Gasteiger partial charge in [-0.3, -0.25) is 9.78 Å². The van der Waals surface area contributed by atoms with E-state index in [0.717, 1.165) is 0 Å². The Hall–Kier alpha value is -3.55. The molecule has 0 fully saturated rings. The number of ether oxygens (including phenoxy) is 2. The molecule has 0 atom stereocenters. The lowest BCUT2D eigenvalue weighted by Gasteiger charge is -2.16. The van der Waals surface area contributed by atoms with E-state index >= 15 is 0 Å². The molecule has 0 aliphatic rings. The van der Waals surface area contributed by atoms with Crippen LogP contribution < -0.4 is 14.4 Å². The van der Waals surface area contributed by atoms with Gasteiger partial charge in [-0.15, -0.1) is 0 Å². The van der Waals surface area contributed by atoms with E-state index in [0.29, 0.717) is 23.0 Å². The van der Waals surface area contributed by atoms with Crippen molar-refractivity contribution < 1.29 is 14.3 Å². The zero-order valence-electron chi connectivity index (χ0n) is 13.7. The zero-order chi connectivity index (χ0) is 17.6. The van der Waals surface area contributed by atoms with Crippen molar-refractivity contribution in [3.63, 3.8) is 0 Å². The molecule has 3 heterocycles. The van der Waals surface area contributed by atoms with Crippen molar-refractivity contribution in [2.24, 2.45) is 0 Å².